The molecule has 0 saturated carbocycles. The number of hydrogen-bond donors (Lipinski definition) is 1. The maximum Gasteiger partial charge on any atom is 0.0409 e. The first-order valence-electron chi connectivity index (χ1n) is 6.24. The highest BCUT2D eigenvalue weighted by Gasteiger charge is 2.33. The van der Waals surface area contributed by atoms with E-state index in [1.54, 1.807) is 0 Å². The van der Waals surface area contributed by atoms with Crippen molar-refractivity contribution in [2.24, 2.45) is 0 Å². The highest BCUT2D eigenvalue weighted by atomic mass is 35.5. The molecule has 94 valence electrons. The van der Waals surface area contributed by atoms with Gasteiger partial charge in [-0.05, 0) is 38.5 Å². The van der Waals surface area contributed by atoms with E-state index in [4.69, 9.17) is 11.6 Å². The van der Waals surface area contributed by atoms with Crippen LogP contribution >= 0.6 is 11.6 Å². The smallest absolute Gasteiger partial charge is 0.0409 e. The Kier molecular flexibility index (Phi) is 3.76. The molecule has 0 bridgehead atoms. The molecule has 1 fully saturated rings. The van der Waals surface area contributed by atoms with Gasteiger partial charge in [0.2, 0.25) is 0 Å². The molecule has 1 heterocycles. The molecule has 2 rings (SSSR count). The third-order valence-electron chi connectivity index (χ3n) is 3.66. The molecule has 0 spiro atoms. The molecule has 1 N–H and O–H groups in total. The van der Waals surface area contributed by atoms with Crippen molar-refractivity contribution < 1.29 is 0 Å². The van der Waals surface area contributed by atoms with Gasteiger partial charge in [-0.15, -0.1) is 0 Å². The van der Waals surface area contributed by atoms with Crippen LogP contribution in [0.25, 0.3) is 0 Å². The van der Waals surface area contributed by atoms with Gasteiger partial charge in [0.05, 0.1) is 0 Å². The molecule has 0 aliphatic carbocycles. The summed E-state index contributed by atoms with van der Waals surface area (Å²) in [6, 6.07) is 8.61. The Labute approximate surface area is 109 Å². The van der Waals surface area contributed by atoms with Crippen LogP contribution in [0.5, 0.6) is 0 Å². The Morgan fingerprint density at radius 3 is 2.82 bits per heavy atom. The molecule has 1 aliphatic heterocycles. The minimum absolute atomic E-state index is 0.194. The van der Waals surface area contributed by atoms with Gasteiger partial charge in [0, 0.05) is 36.2 Å². The molecule has 0 amide bonds. The summed E-state index contributed by atoms with van der Waals surface area (Å²) in [4.78, 5) is 2.55. The third kappa shape index (κ3) is 2.82. The van der Waals surface area contributed by atoms with Crippen molar-refractivity contribution in [3.05, 3.63) is 34.9 Å². The molecule has 0 radical (unpaired) electrons. The first kappa shape index (κ1) is 12.9. The number of rotatable bonds is 2. The maximum absolute atomic E-state index is 6.07. The van der Waals surface area contributed by atoms with Crippen molar-refractivity contribution in [3.8, 4) is 0 Å². The summed E-state index contributed by atoms with van der Waals surface area (Å²) in [5, 5.41) is 4.28. The van der Waals surface area contributed by atoms with Crippen molar-refractivity contribution in [1.82, 2.24) is 10.2 Å². The molecule has 0 aromatic heterocycles. The zero-order valence-corrected chi connectivity index (χ0v) is 11.6. The van der Waals surface area contributed by atoms with Crippen molar-refractivity contribution in [2.75, 3.05) is 19.6 Å². The van der Waals surface area contributed by atoms with Crippen LogP contribution < -0.4 is 5.32 Å². The Morgan fingerprint density at radius 1 is 1.41 bits per heavy atom. The largest absolute Gasteiger partial charge is 0.314 e. The summed E-state index contributed by atoms with van der Waals surface area (Å²) < 4.78 is 0. The maximum atomic E-state index is 6.07. The van der Waals surface area contributed by atoms with Gasteiger partial charge in [-0.1, -0.05) is 23.7 Å². The van der Waals surface area contributed by atoms with Crippen LogP contribution in [0, 0.1) is 0 Å². The van der Waals surface area contributed by atoms with Gasteiger partial charge in [0.15, 0.2) is 0 Å². The summed E-state index contributed by atoms with van der Waals surface area (Å²) in [7, 11) is 0. The van der Waals surface area contributed by atoms with Crippen LogP contribution in [0.4, 0.5) is 0 Å². The SMILES string of the molecule is CC(c1cccc(Cl)c1)N1CCNCC1(C)C. The lowest BCUT2D eigenvalue weighted by atomic mass is 9.95. The van der Waals surface area contributed by atoms with Crippen LogP contribution in [0.1, 0.15) is 32.4 Å². The van der Waals surface area contributed by atoms with Crippen molar-refractivity contribution >= 4 is 11.6 Å². The van der Waals surface area contributed by atoms with E-state index < -0.39 is 0 Å². The summed E-state index contributed by atoms with van der Waals surface area (Å²) >= 11 is 6.07. The van der Waals surface area contributed by atoms with Crippen molar-refractivity contribution in [3.63, 3.8) is 0 Å². The van der Waals surface area contributed by atoms with Gasteiger partial charge in [-0.2, -0.15) is 0 Å². The monoisotopic (exact) mass is 252 g/mol. The van der Waals surface area contributed by atoms with E-state index in [2.05, 4.69) is 43.1 Å². The van der Waals surface area contributed by atoms with Gasteiger partial charge in [0.25, 0.3) is 0 Å². The standard InChI is InChI=1S/C14H21ClN2/c1-11(12-5-4-6-13(15)9-12)17-8-7-16-10-14(17,2)3/h4-6,9,11,16H,7-8,10H2,1-3H3. The van der Waals surface area contributed by atoms with E-state index in [9.17, 15) is 0 Å². The number of nitrogens with one attached hydrogen (secondary N) is 1. The normalized spacial score (nSPS) is 22.4. The second kappa shape index (κ2) is 4.97. The summed E-state index contributed by atoms with van der Waals surface area (Å²) in [5.74, 6) is 0. The Hall–Kier alpha value is -0.570. The predicted octanol–water partition coefficient (Wildman–Crippen LogP) is 3.08. The first-order valence-corrected chi connectivity index (χ1v) is 6.61. The molecule has 1 unspecified atom stereocenters. The Morgan fingerprint density at radius 2 is 2.18 bits per heavy atom. The van der Waals surface area contributed by atoms with Gasteiger partial charge in [-0.3, -0.25) is 4.90 Å². The highest BCUT2D eigenvalue weighted by molar-refractivity contribution is 6.30. The zero-order valence-electron chi connectivity index (χ0n) is 10.8. The minimum Gasteiger partial charge on any atom is -0.314 e. The minimum atomic E-state index is 0.194. The summed E-state index contributed by atoms with van der Waals surface area (Å²) in [6.07, 6.45) is 0. The molecular formula is C14H21ClN2. The van der Waals surface area contributed by atoms with E-state index in [1.165, 1.54) is 5.56 Å². The van der Waals surface area contributed by atoms with Crippen molar-refractivity contribution in [2.45, 2.75) is 32.4 Å². The van der Waals surface area contributed by atoms with Gasteiger partial charge in [0.1, 0.15) is 0 Å². The molecule has 1 saturated heterocycles. The van der Waals surface area contributed by atoms with Gasteiger partial charge in [-0.25, -0.2) is 0 Å². The zero-order chi connectivity index (χ0) is 12.5. The predicted molar refractivity (Wildman–Crippen MR) is 73.5 cm³/mol. The summed E-state index contributed by atoms with van der Waals surface area (Å²) in [6.45, 7) is 10.0. The van der Waals surface area contributed by atoms with Crippen LogP contribution in [-0.4, -0.2) is 30.1 Å². The van der Waals surface area contributed by atoms with Crippen LogP contribution in [-0.2, 0) is 0 Å². The van der Waals surface area contributed by atoms with E-state index in [0.717, 1.165) is 24.7 Å². The molecule has 1 aromatic carbocycles. The second-order valence-corrected chi connectivity index (χ2v) is 5.85. The summed E-state index contributed by atoms with van der Waals surface area (Å²) in [5.41, 5.74) is 1.49. The lowest BCUT2D eigenvalue weighted by Gasteiger charge is -2.46. The molecule has 1 atom stereocenters. The lowest BCUT2D eigenvalue weighted by Crippen LogP contribution is -2.58. The van der Waals surface area contributed by atoms with E-state index in [0.29, 0.717) is 6.04 Å². The van der Waals surface area contributed by atoms with Crippen molar-refractivity contribution in [1.29, 1.82) is 0 Å². The molecule has 2 nitrogen and oxygen atoms in total. The Balaban J connectivity index is 2.21. The molecule has 1 aromatic rings. The number of hydrogen-bond acceptors (Lipinski definition) is 2. The van der Waals surface area contributed by atoms with Crippen LogP contribution in [0.15, 0.2) is 24.3 Å². The van der Waals surface area contributed by atoms with E-state index in [-0.39, 0.29) is 5.54 Å². The molecule has 17 heavy (non-hydrogen) atoms. The first-order chi connectivity index (χ1) is 8.00. The molecule has 1 aliphatic rings. The van der Waals surface area contributed by atoms with Gasteiger partial charge >= 0.3 is 0 Å². The fraction of sp³-hybridized carbons (Fsp3) is 0.571. The molecular weight excluding hydrogens is 232 g/mol. The Bertz CT molecular complexity index is 390. The fourth-order valence-corrected chi connectivity index (χ4v) is 2.86. The van der Waals surface area contributed by atoms with Crippen LogP contribution in [0.2, 0.25) is 5.02 Å². The highest BCUT2D eigenvalue weighted by Crippen LogP contribution is 2.30. The average molecular weight is 253 g/mol. The van der Waals surface area contributed by atoms with Crippen LogP contribution in [0.3, 0.4) is 0 Å². The van der Waals surface area contributed by atoms with E-state index >= 15 is 0 Å². The molecule has 3 heteroatoms. The quantitative estimate of drug-likeness (QED) is 0.870. The fourth-order valence-electron chi connectivity index (χ4n) is 2.66. The van der Waals surface area contributed by atoms with Gasteiger partial charge < -0.3 is 5.32 Å². The number of halogens is 1. The topological polar surface area (TPSA) is 15.3 Å². The number of piperazine rings is 1. The second-order valence-electron chi connectivity index (χ2n) is 5.41. The lowest BCUT2D eigenvalue weighted by molar-refractivity contribution is 0.0517. The van der Waals surface area contributed by atoms with E-state index in [1.807, 2.05) is 12.1 Å². The number of nitrogens with zero attached hydrogens (tertiary/aromatic N) is 1. The number of benzene rings is 1. The average Bonchev–Trinajstić information content (AvgIpc) is 2.27. The third-order valence-corrected chi connectivity index (χ3v) is 3.90.